The van der Waals surface area contributed by atoms with E-state index in [9.17, 15) is 45.3 Å². The van der Waals surface area contributed by atoms with Crippen molar-refractivity contribution in [3.05, 3.63) is 0 Å². The second kappa shape index (κ2) is 14.0. The molecule has 2 aliphatic rings. The highest BCUT2D eigenvalue weighted by molar-refractivity contribution is 5.79. The standard InChI is InChI=1S/C22H40N2O13/c1-4-24(5-2)14(27)7-6-11(20(32)34-3)23-10-22(33)19(31)18(13(9-26)37-22)36-21-17(30)16(29)15(28)12(8-25)35-21/h11-13,15-19,21,23,25-26,28-31,33H,4-10H2,1-3H3/t11?,12-,13-,15-,16+,17-,18-,19+,21-,22?/m1/s1. The van der Waals surface area contributed by atoms with Crippen molar-refractivity contribution < 1.29 is 64.3 Å². The third kappa shape index (κ3) is 7.33. The minimum atomic E-state index is -2.39. The van der Waals surface area contributed by atoms with Gasteiger partial charge in [-0.15, -0.1) is 0 Å². The Balaban J connectivity index is 2.08. The summed E-state index contributed by atoms with van der Waals surface area (Å²) in [6, 6.07) is -1.04. The third-order valence-electron chi connectivity index (χ3n) is 6.67. The van der Waals surface area contributed by atoms with Gasteiger partial charge in [0.2, 0.25) is 11.7 Å². The van der Waals surface area contributed by atoms with Gasteiger partial charge in [0.15, 0.2) is 6.29 Å². The molecule has 37 heavy (non-hydrogen) atoms. The summed E-state index contributed by atoms with van der Waals surface area (Å²) in [6.07, 6.45) is -12.7. The van der Waals surface area contributed by atoms with Gasteiger partial charge in [-0.2, -0.15) is 0 Å². The summed E-state index contributed by atoms with van der Waals surface area (Å²) in [7, 11) is 1.16. The van der Waals surface area contributed by atoms with Crippen LogP contribution in [-0.2, 0) is 28.5 Å². The Labute approximate surface area is 214 Å². The fraction of sp³-hybridized carbons (Fsp3) is 0.909. The molecule has 15 nitrogen and oxygen atoms in total. The average molecular weight is 541 g/mol. The number of aliphatic hydroxyl groups excluding tert-OH is 6. The number of rotatable bonds is 13. The number of carbonyl (C=O) groups excluding carboxylic acids is 2. The Kier molecular flexibility index (Phi) is 12.0. The molecule has 0 aromatic carbocycles. The molecule has 2 heterocycles. The smallest absolute Gasteiger partial charge is 0.322 e. The molecule has 2 rings (SSSR count). The van der Waals surface area contributed by atoms with Gasteiger partial charge in [-0.1, -0.05) is 0 Å². The van der Waals surface area contributed by atoms with Crippen LogP contribution in [0, 0.1) is 0 Å². The normalized spacial score (nSPS) is 36.8. The quantitative estimate of drug-likeness (QED) is 0.103. The molecule has 15 heteroatoms. The zero-order valence-electron chi connectivity index (χ0n) is 21.2. The summed E-state index contributed by atoms with van der Waals surface area (Å²) in [5, 5.41) is 73.7. The van der Waals surface area contributed by atoms with Crippen LogP contribution in [0.1, 0.15) is 26.7 Å². The molecule has 0 aliphatic carbocycles. The van der Waals surface area contributed by atoms with Gasteiger partial charge in [-0.05, 0) is 20.3 Å². The first-order chi connectivity index (χ1) is 17.5. The van der Waals surface area contributed by atoms with Crippen LogP contribution in [0.15, 0.2) is 0 Å². The van der Waals surface area contributed by atoms with E-state index in [1.54, 1.807) is 4.90 Å². The highest BCUT2D eigenvalue weighted by atomic mass is 16.7. The molecule has 8 N–H and O–H groups in total. The van der Waals surface area contributed by atoms with E-state index in [0.29, 0.717) is 13.1 Å². The second-order valence-corrected chi connectivity index (χ2v) is 8.99. The van der Waals surface area contributed by atoms with Gasteiger partial charge in [0, 0.05) is 19.5 Å². The van der Waals surface area contributed by atoms with Gasteiger partial charge in [-0.25, -0.2) is 0 Å². The zero-order valence-corrected chi connectivity index (χ0v) is 21.2. The van der Waals surface area contributed by atoms with Gasteiger partial charge in [-0.3, -0.25) is 14.9 Å². The topological polar surface area (TPSA) is 228 Å². The second-order valence-electron chi connectivity index (χ2n) is 8.99. The Morgan fingerprint density at radius 3 is 2.19 bits per heavy atom. The summed E-state index contributed by atoms with van der Waals surface area (Å²) in [5.74, 6) is -3.28. The minimum Gasteiger partial charge on any atom is -0.468 e. The number of carbonyl (C=O) groups is 2. The molecule has 2 saturated heterocycles. The van der Waals surface area contributed by atoms with Crippen LogP contribution in [0.2, 0.25) is 0 Å². The molecule has 2 unspecified atom stereocenters. The van der Waals surface area contributed by atoms with E-state index in [-0.39, 0.29) is 18.7 Å². The van der Waals surface area contributed by atoms with E-state index in [2.05, 4.69) is 5.32 Å². The van der Waals surface area contributed by atoms with Crippen molar-refractivity contribution in [3.8, 4) is 0 Å². The maximum Gasteiger partial charge on any atom is 0.322 e. The lowest BCUT2D eigenvalue weighted by molar-refractivity contribution is -0.318. The molecule has 0 saturated carbocycles. The van der Waals surface area contributed by atoms with Crippen molar-refractivity contribution >= 4 is 11.9 Å². The molecule has 10 atom stereocenters. The summed E-state index contributed by atoms with van der Waals surface area (Å²) in [4.78, 5) is 26.2. The highest BCUT2D eigenvalue weighted by Crippen LogP contribution is 2.34. The van der Waals surface area contributed by atoms with E-state index in [4.69, 9.17) is 18.9 Å². The molecule has 2 fully saturated rings. The molecular weight excluding hydrogens is 500 g/mol. The van der Waals surface area contributed by atoms with Crippen LogP contribution < -0.4 is 5.32 Å². The lowest BCUT2D eigenvalue weighted by atomic mass is 9.98. The molecular formula is C22H40N2O13. The van der Waals surface area contributed by atoms with Crippen molar-refractivity contribution in [2.75, 3.05) is 40.0 Å². The fourth-order valence-corrected chi connectivity index (χ4v) is 4.36. The predicted molar refractivity (Wildman–Crippen MR) is 123 cm³/mol. The Bertz CT molecular complexity index is 739. The molecule has 1 amide bonds. The van der Waals surface area contributed by atoms with E-state index in [1.165, 1.54) is 0 Å². The molecule has 0 aromatic heterocycles. The highest BCUT2D eigenvalue weighted by Gasteiger charge is 2.56. The van der Waals surface area contributed by atoms with E-state index >= 15 is 0 Å². The van der Waals surface area contributed by atoms with Gasteiger partial charge >= 0.3 is 5.97 Å². The predicted octanol–water partition coefficient (Wildman–Crippen LogP) is -4.61. The molecule has 0 bridgehead atoms. The van der Waals surface area contributed by atoms with Crippen LogP contribution >= 0.6 is 0 Å². The van der Waals surface area contributed by atoms with Gasteiger partial charge < -0.3 is 59.6 Å². The molecule has 2 aliphatic heterocycles. The first kappa shape index (κ1) is 31.7. The lowest BCUT2D eigenvalue weighted by Crippen LogP contribution is -2.61. The first-order valence-corrected chi connectivity index (χ1v) is 12.2. The fourth-order valence-electron chi connectivity index (χ4n) is 4.36. The van der Waals surface area contributed by atoms with Crippen molar-refractivity contribution in [1.29, 1.82) is 0 Å². The van der Waals surface area contributed by atoms with Crippen LogP contribution in [-0.4, -0.2) is 153 Å². The molecule has 0 aromatic rings. The number of nitrogens with one attached hydrogen (secondary N) is 1. The SMILES string of the molecule is CCN(CC)C(=O)CCC(NCC1(O)O[C@H](CO)[C@@H](O[C@H]2O[C@H](CO)[C@@H](O)[C@H](O)[C@H]2O)[C@@H]1O)C(=O)OC. The molecule has 216 valence electrons. The van der Waals surface area contributed by atoms with Gasteiger partial charge in [0.25, 0.3) is 0 Å². The number of esters is 1. The Hall–Kier alpha value is -1.50. The summed E-state index contributed by atoms with van der Waals surface area (Å²) in [5.41, 5.74) is 0. The van der Waals surface area contributed by atoms with E-state index in [1.807, 2.05) is 13.8 Å². The van der Waals surface area contributed by atoms with Crippen LogP contribution in [0.25, 0.3) is 0 Å². The van der Waals surface area contributed by atoms with Crippen LogP contribution in [0.4, 0.5) is 0 Å². The van der Waals surface area contributed by atoms with Crippen molar-refractivity contribution in [3.63, 3.8) is 0 Å². The van der Waals surface area contributed by atoms with Crippen molar-refractivity contribution in [2.24, 2.45) is 0 Å². The Morgan fingerprint density at radius 1 is 1.03 bits per heavy atom. The number of methoxy groups -OCH3 is 1. The summed E-state index contributed by atoms with van der Waals surface area (Å²) >= 11 is 0. The number of ether oxygens (including phenoxy) is 4. The number of hydrogen-bond acceptors (Lipinski definition) is 14. The van der Waals surface area contributed by atoms with E-state index in [0.717, 1.165) is 7.11 Å². The number of amides is 1. The van der Waals surface area contributed by atoms with Crippen molar-refractivity contribution in [2.45, 2.75) is 87.5 Å². The zero-order chi connectivity index (χ0) is 27.9. The first-order valence-electron chi connectivity index (χ1n) is 12.2. The summed E-state index contributed by atoms with van der Waals surface area (Å²) < 4.78 is 20.9. The monoisotopic (exact) mass is 540 g/mol. The number of aliphatic hydroxyl groups is 7. The van der Waals surface area contributed by atoms with Crippen molar-refractivity contribution in [1.82, 2.24) is 10.2 Å². The molecule has 0 radical (unpaired) electrons. The van der Waals surface area contributed by atoms with Crippen LogP contribution in [0.5, 0.6) is 0 Å². The lowest BCUT2D eigenvalue weighted by Gasteiger charge is -2.41. The third-order valence-corrected chi connectivity index (χ3v) is 6.67. The minimum absolute atomic E-state index is 0.0123. The number of hydrogen-bond donors (Lipinski definition) is 8. The maximum atomic E-state index is 12.3. The van der Waals surface area contributed by atoms with Gasteiger partial charge in [0.05, 0.1) is 26.9 Å². The van der Waals surface area contributed by atoms with Crippen LogP contribution in [0.3, 0.4) is 0 Å². The largest absolute Gasteiger partial charge is 0.468 e. The molecule has 0 spiro atoms. The summed E-state index contributed by atoms with van der Waals surface area (Å²) in [6.45, 7) is 2.67. The Morgan fingerprint density at radius 2 is 1.65 bits per heavy atom. The number of nitrogens with zero attached hydrogens (tertiary/aromatic N) is 1. The average Bonchev–Trinajstić information content (AvgIpc) is 3.13. The van der Waals surface area contributed by atoms with Gasteiger partial charge in [0.1, 0.15) is 48.8 Å². The maximum absolute atomic E-state index is 12.3. The van der Waals surface area contributed by atoms with E-state index < -0.39 is 86.6 Å².